The first-order chi connectivity index (χ1) is 41.7. The molecule has 0 amide bonds. The van der Waals surface area contributed by atoms with Crippen LogP contribution >= 0.6 is 0 Å². The average molecular weight is 1260 g/mol. The summed E-state index contributed by atoms with van der Waals surface area (Å²) in [6.07, 6.45) is -27.4. The van der Waals surface area contributed by atoms with Gasteiger partial charge in [0.2, 0.25) is 0 Å². The second kappa shape index (κ2) is 26.8. The van der Waals surface area contributed by atoms with Gasteiger partial charge in [-0.2, -0.15) is 0 Å². The molecule has 88 heavy (non-hydrogen) atoms. The number of esters is 1. The van der Waals surface area contributed by atoms with Crippen molar-refractivity contribution in [3.63, 3.8) is 0 Å². The Morgan fingerprint density at radius 2 is 1.14 bits per heavy atom. The Morgan fingerprint density at radius 3 is 1.74 bits per heavy atom. The van der Waals surface area contributed by atoms with E-state index in [1.807, 2.05) is 6.92 Å². The van der Waals surface area contributed by atoms with Crippen LogP contribution in [0.4, 0.5) is 0 Å². The van der Waals surface area contributed by atoms with Crippen molar-refractivity contribution >= 4 is 5.97 Å². The first kappa shape index (κ1) is 68.5. The molecule has 1 unspecified atom stereocenters. The fourth-order valence-electron chi connectivity index (χ4n) is 16.9. The lowest BCUT2D eigenvalue weighted by atomic mass is 9.40. The number of benzene rings is 1. The third-order valence-electron chi connectivity index (χ3n) is 22.2. The van der Waals surface area contributed by atoms with Crippen LogP contribution in [0.25, 0.3) is 0 Å². The van der Waals surface area contributed by atoms with Crippen LogP contribution in [0.3, 0.4) is 0 Å². The first-order valence-electron chi connectivity index (χ1n) is 31.2. The summed E-state index contributed by atoms with van der Waals surface area (Å²) in [5.41, 5.74) is -7.25. The molecule has 12 N–H and O–H groups in total. The van der Waals surface area contributed by atoms with Gasteiger partial charge in [0.25, 0.3) is 0 Å². The van der Waals surface area contributed by atoms with E-state index in [0.717, 1.165) is 0 Å². The third-order valence-corrected chi connectivity index (χ3v) is 22.2. The first-order valence-corrected chi connectivity index (χ1v) is 31.2. The van der Waals surface area contributed by atoms with Gasteiger partial charge in [0.1, 0.15) is 96.7 Å². The van der Waals surface area contributed by atoms with Crippen molar-refractivity contribution in [1.82, 2.24) is 0 Å². The molecule has 5 heterocycles. The maximum absolute atomic E-state index is 13.8. The number of carbonyl (C=O) groups is 1. The Kier molecular flexibility index (Phi) is 20.9. The molecule has 0 aromatic heterocycles. The molecular weight excluding hydrogens is 1160 g/mol. The standard InChI is InChI=1S/C61H96O27/c1-27-48(34(75-7)22-40(78-27)81-33-16-17-57(5)32(21-33)15-18-60(73)38(57)24-39(84-53(71)31-13-11-10-12-14-31)58(6)59(72,30(4)64)19-20-61(58,60)74)85-41-23-35(76-8)49(28(2)79-41)86-56-47(70)52(77-9)50(29(3)80-56)87-55-46(69)44(67)51(37(26-63)83-55)88-54-45(68)43(66)42(65)36(25-62)82-54/h10-14,27-30,32-52,54-56,62-70,72-74H,15-26H2,1-9H3/t27-,28-,29-,30?,32+,33+,34+,35-,36-,37-,38-,39-,40+,41+,42-,43+,44-,45-,46-,47-,48-,49-,50-,51-,52+,54+,55+,56+,57+,58-,59-,60+,61-/m1/s1. The molecule has 0 bridgehead atoms. The van der Waals surface area contributed by atoms with Gasteiger partial charge in [-0.25, -0.2) is 4.79 Å². The predicted molar refractivity (Wildman–Crippen MR) is 299 cm³/mol. The average Bonchev–Trinajstić information content (AvgIpc) is 1.74. The van der Waals surface area contributed by atoms with Crippen molar-refractivity contribution < 1.29 is 132 Å². The van der Waals surface area contributed by atoms with Crippen molar-refractivity contribution in [2.24, 2.45) is 22.7 Å². The molecule has 5 aliphatic heterocycles. The van der Waals surface area contributed by atoms with Gasteiger partial charge < -0.3 is 128 Å². The molecule has 1 aromatic rings. The van der Waals surface area contributed by atoms with Crippen LogP contribution in [0.5, 0.6) is 0 Å². The fourth-order valence-corrected chi connectivity index (χ4v) is 16.9. The number of aliphatic hydroxyl groups is 12. The molecule has 27 nitrogen and oxygen atoms in total. The Bertz CT molecular complexity index is 2470. The highest BCUT2D eigenvalue weighted by molar-refractivity contribution is 5.89. The zero-order chi connectivity index (χ0) is 63.7. The molecular formula is C61H96O27. The number of hydrogen-bond donors (Lipinski definition) is 12. The predicted octanol–water partition coefficient (Wildman–Crippen LogP) is -1.21. The van der Waals surface area contributed by atoms with Crippen LogP contribution in [0, 0.1) is 22.7 Å². The minimum atomic E-state index is -1.90. The van der Waals surface area contributed by atoms with Crippen LogP contribution in [0.15, 0.2) is 30.3 Å². The summed E-state index contributed by atoms with van der Waals surface area (Å²) in [5, 5.41) is 135. The van der Waals surface area contributed by atoms with Crippen LogP contribution in [0.1, 0.15) is 116 Å². The highest BCUT2D eigenvalue weighted by Crippen LogP contribution is 2.72. The van der Waals surface area contributed by atoms with Gasteiger partial charge >= 0.3 is 5.97 Å². The van der Waals surface area contributed by atoms with E-state index in [2.05, 4.69) is 6.92 Å². The minimum Gasteiger partial charge on any atom is -0.458 e. The molecule has 9 fully saturated rings. The number of methoxy groups -OCH3 is 3. The lowest BCUT2D eigenvalue weighted by molar-refractivity contribution is -0.385. The lowest BCUT2D eigenvalue weighted by Gasteiger charge is -2.69. The van der Waals surface area contributed by atoms with Gasteiger partial charge in [-0.15, -0.1) is 0 Å². The lowest BCUT2D eigenvalue weighted by Crippen LogP contribution is -2.79. The van der Waals surface area contributed by atoms with Gasteiger partial charge in [0.05, 0.1) is 72.5 Å². The molecule has 9 aliphatic rings. The number of carbonyl (C=O) groups excluding carboxylic acids is 1. The third kappa shape index (κ3) is 11.9. The Morgan fingerprint density at radius 1 is 0.580 bits per heavy atom. The van der Waals surface area contributed by atoms with Crippen molar-refractivity contribution in [2.75, 3.05) is 34.5 Å². The Hall–Kier alpha value is -2.31. The van der Waals surface area contributed by atoms with Crippen LogP contribution in [-0.2, 0) is 66.3 Å². The molecule has 1 aromatic carbocycles. The summed E-state index contributed by atoms with van der Waals surface area (Å²) in [6.45, 7) is 8.98. The highest BCUT2D eigenvalue weighted by Gasteiger charge is 2.82. The normalized spacial score (nSPS) is 51.8. The van der Waals surface area contributed by atoms with Crippen molar-refractivity contribution in [2.45, 2.75) is 282 Å². The highest BCUT2D eigenvalue weighted by atomic mass is 16.8. The van der Waals surface area contributed by atoms with Crippen molar-refractivity contribution in [3.8, 4) is 0 Å². The number of aliphatic hydroxyl groups excluding tert-OH is 9. The number of rotatable bonds is 18. The van der Waals surface area contributed by atoms with E-state index in [1.165, 1.54) is 21.1 Å². The largest absolute Gasteiger partial charge is 0.458 e. The zero-order valence-electron chi connectivity index (χ0n) is 51.5. The van der Waals surface area contributed by atoms with E-state index in [-0.39, 0.29) is 44.1 Å². The van der Waals surface area contributed by atoms with E-state index < -0.39 is 206 Å². The van der Waals surface area contributed by atoms with E-state index in [1.54, 1.807) is 58.2 Å². The van der Waals surface area contributed by atoms with Gasteiger partial charge in [-0.3, -0.25) is 0 Å². The second-order valence-electron chi connectivity index (χ2n) is 26.7. The molecule has 0 spiro atoms. The molecule has 10 rings (SSSR count). The van der Waals surface area contributed by atoms with Crippen molar-refractivity contribution in [3.05, 3.63) is 35.9 Å². The van der Waals surface area contributed by atoms with Gasteiger partial charge in [-0.05, 0) is 108 Å². The second-order valence-corrected chi connectivity index (χ2v) is 26.7. The topological polar surface area (TPSA) is 389 Å². The summed E-state index contributed by atoms with van der Waals surface area (Å²) in [6, 6.07) is 8.52. The minimum absolute atomic E-state index is 0.00589. The van der Waals surface area contributed by atoms with E-state index >= 15 is 0 Å². The van der Waals surface area contributed by atoms with Gasteiger partial charge in [0.15, 0.2) is 31.5 Å². The molecule has 4 aliphatic carbocycles. The zero-order valence-corrected chi connectivity index (χ0v) is 51.5. The number of fused-ring (bicyclic) bond motifs is 5. The molecule has 5 saturated heterocycles. The summed E-state index contributed by atoms with van der Waals surface area (Å²) < 4.78 is 86.2. The molecule has 0 radical (unpaired) electrons. The molecule has 502 valence electrons. The fraction of sp³-hybridized carbons (Fsp3) is 0.885. The number of hydrogen-bond acceptors (Lipinski definition) is 27. The molecule has 4 saturated carbocycles. The summed E-state index contributed by atoms with van der Waals surface area (Å²) in [7, 11) is 4.43. The molecule has 33 atom stereocenters. The summed E-state index contributed by atoms with van der Waals surface area (Å²) in [5.74, 6) is -1.10. The SMILES string of the molecule is CO[C@H]1[C@@H](O)[C@H](O[C@@H]2[C@@H](C)O[C@@H](O[C@H]3[C@@H](OC)C[C@H](O[C@H]4CC[C@@]5(C)[C@@H](CC[C@]6(O)[C@@H]5C[C@@H](OC(=O)c5ccccc5)[C@@]5(C)[C@]6(O)CC[C@@]5(O)C(C)O)C4)O[C@@H]3C)C[C@H]2OC)O[C@H](C)[C@H]1O[C@@H]1O[C@H](CO)[C@@H](O[C@@H]2O[C@H](CO)[C@@H](O)[C@H](O)[C@H]2O)[C@H](O)[C@H]1O. The Balaban J connectivity index is 0.730. The summed E-state index contributed by atoms with van der Waals surface area (Å²) >= 11 is 0. The van der Waals surface area contributed by atoms with Crippen LogP contribution in [0.2, 0.25) is 0 Å². The van der Waals surface area contributed by atoms with Crippen LogP contribution < -0.4 is 0 Å². The summed E-state index contributed by atoms with van der Waals surface area (Å²) in [4.78, 5) is 13.8. The van der Waals surface area contributed by atoms with E-state index in [4.69, 9.17) is 66.3 Å². The molecule has 27 heteroatoms. The van der Waals surface area contributed by atoms with Crippen LogP contribution in [-0.4, -0.2) is 278 Å². The smallest absolute Gasteiger partial charge is 0.338 e. The maximum Gasteiger partial charge on any atom is 0.338 e. The van der Waals surface area contributed by atoms with Gasteiger partial charge in [-0.1, -0.05) is 32.0 Å². The quantitative estimate of drug-likeness (QED) is 0.0606. The monoisotopic (exact) mass is 1260 g/mol. The Labute approximate surface area is 512 Å². The maximum atomic E-state index is 13.8. The van der Waals surface area contributed by atoms with Crippen molar-refractivity contribution in [1.29, 1.82) is 0 Å². The number of ether oxygens (including phenoxy) is 14. The van der Waals surface area contributed by atoms with E-state index in [9.17, 15) is 66.1 Å². The van der Waals surface area contributed by atoms with E-state index in [0.29, 0.717) is 37.7 Å². The van der Waals surface area contributed by atoms with Gasteiger partial charge in [0, 0.05) is 34.2 Å².